The minimum absolute atomic E-state index is 0.0128. The Morgan fingerprint density at radius 2 is 1.94 bits per heavy atom. The number of ether oxygens (including phenoxy) is 3. The molecule has 4 rings (SSSR count). The molecule has 2 aliphatic heterocycles. The summed E-state index contributed by atoms with van der Waals surface area (Å²) in [5.74, 6) is 1.61. The van der Waals surface area contributed by atoms with E-state index in [1.165, 1.54) is 4.90 Å². The van der Waals surface area contributed by atoms with Gasteiger partial charge < -0.3 is 24.4 Å². The number of hydrogen-bond acceptors (Lipinski definition) is 6. The molecule has 2 aromatic carbocycles. The Hall–Kier alpha value is -3.33. The molecule has 0 saturated carbocycles. The third-order valence-corrected chi connectivity index (χ3v) is 5.65. The molecule has 8 nitrogen and oxygen atoms in total. The molecule has 1 N–H and O–H groups in total. The van der Waals surface area contributed by atoms with Gasteiger partial charge in [0.25, 0.3) is 5.91 Å². The zero-order chi connectivity index (χ0) is 22.0. The van der Waals surface area contributed by atoms with Crippen LogP contribution in [0.4, 0.5) is 5.69 Å². The maximum Gasteiger partial charge on any atom is 0.251 e. The minimum atomic E-state index is -0.675. The number of rotatable bonds is 7. The summed E-state index contributed by atoms with van der Waals surface area (Å²) in [4.78, 5) is 28.6. The van der Waals surface area contributed by atoms with Crippen molar-refractivity contribution in [3.8, 4) is 17.2 Å². The van der Waals surface area contributed by atoms with Crippen LogP contribution in [0.2, 0.25) is 0 Å². The standard InChI is InChI=1S/C22H23N3O5S/c1-3-28-16-7-5-15(6-8-16)23-20(26)11-17-21(27)24(2)22(31)25(17)12-14-4-9-18-19(10-14)30-13-29-18/h4-10,17H,3,11-13H2,1-2H3,(H,23,26)/t17-/m0/s1. The molecule has 2 heterocycles. The lowest BCUT2D eigenvalue weighted by molar-refractivity contribution is -0.130. The fourth-order valence-electron chi connectivity index (χ4n) is 3.58. The zero-order valence-corrected chi connectivity index (χ0v) is 18.1. The number of amides is 2. The van der Waals surface area contributed by atoms with Crippen LogP contribution in [0.5, 0.6) is 17.2 Å². The van der Waals surface area contributed by atoms with Gasteiger partial charge in [-0.3, -0.25) is 14.5 Å². The summed E-state index contributed by atoms with van der Waals surface area (Å²) in [5.41, 5.74) is 1.55. The first-order valence-corrected chi connectivity index (χ1v) is 10.4. The molecule has 9 heteroatoms. The monoisotopic (exact) mass is 441 g/mol. The second-order valence-corrected chi connectivity index (χ2v) is 7.59. The first kappa shape index (κ1) is 20.9. The molecule has 0 aromatic heterocycles. The maximum absolute atomic E-state index is 12.8. The average molecular weight is 442 g/mol. The largest absolute Gasteiger partial charge is 0.494 e. The van der Waals surface area contributed by atoms with Gasteiger partial charge in [-0.25, -0.2) is 0 Å². The van der Waals surface area contributed by atoms with Gasteiger partial charge >= 0.3 is 0 Å². The normalized spacial score (nSPS) is 17.3. The van der Waals surface area contributed by atoms with Gasteiger partial charge in [-0.1, -0.05) is 6.07 Å². The van der Waals surface area contributed by atoms with Crippen LogP contribution < -0.4 is 19.5 Å². The van der Waals surface area contributed by atoms with Crippen LogP contribution in [0, 0.1) is 0 Å². The van der Waals surface area contributed by atoms with Crippen molar-refractivity contribution in [2.45, 2.75) is 25.9 Å². The number of likely N-dealkylation sites (N-methyl/N-ethyl adjacent to an activating group) is 1. The molecule has 0 aliphatic carbocycles. The molecule has 2 aliphatic rings. The molecule has 0 spiro atoms. The molecule has 0 unspecified atom stereocenters. The van der Waals surface area contributed by atoms with Gasteiger partial charge in [0, 0.05) is 19.3 Å². The summed E-state index contributed by atoms with van der Waals surface area (Å²) >= 11 is 5.47. The van der Waals surface area contributed by atoms with Gasteiger partial charge in [0.05, 0.1) is 13.0 Å². The highest BCUT2D eigenvalue weighted by atomic mass is 32.1. The van der Waals surface area contributed by atoms with Crippen molar-refractivity contribution in [2.75, 3.05) is 25.8 Å². The third kappa shape index (κ3) is 4.41. The predicted octanol–water partition coefficient (Wildman–Crippen LogP) is 2.77. The topological polar surface area (TPSA) is 80.3 Å². The lowest BCUT2D eigenvalue weighted by Crippen LogP contribution is -2.37. The summed E-state index contributed by atoms with van der Waals surface area (Å²) in [5, 5.41) is 3.23. The van der Waals surface area contributed by atoms with Crippen LogP contribution in [0.3, 0.4) is 0 Å². The highest BCUT2D eigenvalue weighted by Crippen LogP contribution is 2.33. The molecule has 1 saturated heterocycles. The van der Waals surface area contributed by atoms with E-state index in [2.05, 4.69) is 5.32 Å². The van der Waals surface area contributed by atoms with Gasteiger partial charge in [-0.05, 0) is 61.1 Å². The number of carbonyl (C=O) groups is 2. The van der Waals surface area contributed by atoms with Crippen LogP contribution in [-0.4, -0.2) is 53.2 Å². The van der Waals surface area contributed by atoms with E-state index in [0.29, 0.717) is 35.5 Å². The molecule has 0 bridgehead atoms. The highest BCUT2D eigenvalue weighted by Gasteiger charge is 2.41. The summed E-state index contributed by atoms with van der Waals surface area (Å²) in [6, 6.07) is 12.0. The van der Waals surface area contributed by atoms with E-state index in [9.17, 15) is 9.59 Å². The van der Waals surface area contributed by atoms with Crippen molar-refractivity contribution < 1.29 is 23.8 Å². The number of carbonyl (C=O) groups excluding carboxylic acids is 2. The van der Waals surface area contributed by atoms with E-state index < -0.39 is 6.04 Å². The Morgan fingerprint density at radius 3 is 2.68 bits per heavy atom. The van der Waals surface area contributed by atoms with E-state index in [0.717, 1.165) is 11.3 Å². The zero-order valence-electron chi connectivity index (χ0n) is 17.3. The molecule has 162 valence electrons. The fraction of sp³-hybridized carbons (Fsp3) is 0.318. The molecule has 31 heavy (non-hydrogen) atoms. The Balaban J connectivity index is 1.45. The Morgan fingerprint density at radius 1 is 1.19 bits per heavy atom. The predicted molar refractivity (Wildman–Crippen MR) is 118 cm³/mol. The number of benzene rings is 2. The molecule has 0 radical (unpaired) electrons. The van der Waals surface area contributed by atoms with E-state index in [1.807, 2.05) is 25.1 Å². The second-order valence-electron chi connectivity index (χ2n) is 7.22. The van der Waals surface area contributed by atoms with Crippen molar-refractivity contribution in [3.63, 3.8) is 0 Å². The van der Waals surface area contributed by atoms with E-state index in [-0.39, 0.29) is 25.0 Å². The first-order chi connectivity index (χ1) is 15.0. The van der Waals surface area contributed by atoms with Crippen molar-refractivity contribution in [2.24, 2.45) is 0 Å². The average Bonchev–Trinajstić information content (AvgIpc) is 3.30. The van der Waals surface area contributed by atoms with Gasteiger partial charge in [0.15, 0.2) is 16.6 Å². The van der Waals surface area contributed by atoms with Crippen LogP contribution in [-0.2, 0) is 16.1 Å². The maximum atomic E-state index is 12.8. The molecule has 1 fully saturated rings. The summed E-state index contributed by atoms with van der Waals surface area (Å²) in [6.07, 6.45) is -0.0128. The first-order valence-electron chi connectivity index (χ1n) is 9.95. The number of hydrogen-bond donors (Lipinski definition) is 1. The summed E-state index contributed by atoms with van der Waals surface area (Å²) < 4.78 is 16.2. The molecular weight excluding hydrogens is 418 g/mol. The minimum Gasteiger partial charge on any atom is -0.494 e. The number of thiocarbonyl (C=S) groups is 1. The Bertz CT molecular complexity index is 1010. The number of fused-ring (bicyclic) bond motifs is 1. The van der Waals surface area contributed by atoms with Crippen LogP contribution in [0.15, 0.2) is 42.5 Å². The number of nitrogens with zero attached hydrogens (tertiary/aromatic N) is 2. The van der Waals surface area contributed by atoms with Crippen LogP contribution in [0.25, 0.3) is 0 Å². The van der Waals surface area contributed by atoms with E-state index in [4.69, 9.17) is 26.4 Å². The number of anilines is 1. The smallest absolute Gasteiger partial charge is 0.251 e. The molecular formula is C22H23N3O5S. The quantitative estimate of drug-likeness (QED) is 0.662. The van der Waals surface area contributed by atoms with Crippen molar-refractivity contribution in [1.82, 2.24) is 9.80 Å². The van der Waals surface area contributed by atoms with Gasteiger partial charge in [0.2, 0.25) is 12.7 Å². The third-order valence-electron chi connectivity index (χ3n) is 5.14. The molecule has 1 atom stereocenters. The van der Waals surface area contributed by atoms with Crippen LogP contribution >= 0.6 is 12.2 Å². The number of nitrogens with one attached hydrogen (secondary N) is 1. The van der Waals surface area contributed by atoms with Gasteiger partial charge in [0.1, 0.15) is 11.8 Å². The van der Waals surface area contributed by atoms with E-state index in [1.54, 1.807) is 36.2 Å². The van der Waals surface area contributed by atoms with Crippen molar-refractivity contribution >= 4 is 34.8 Å². The van der Waals surface area contributed by atoms with Gasteiger partial charge in [-0.15, -0.1) is 0 Å². The summed E-state index contributed by atoms with van der Waals surface area (Å²) in [7, 11) is 1.63. The molecule has 2 aromatic rings. The lowest BCUT2D eigenvalue weighted by Gasteiger charge is -2.23. The van der Waals surface area contributed by atoms with Crippen molar-refractivity contribution in [1.29, 1.82) is 0 Å². The van der Waals surface area contributed by atoms with E-state index >= 15 is 0 Å². The highest BCUT2D eigenvalue weighted by molar-refractivity contribution is 7.80. The summed E-state index contributed by atoms with van der Waals surface area (Å²) in [6.45, 7) is 3.05. The fourth-order valence-corrected chi connectivity index (χ4v) is 3.86. The second kappa shape index (κ2) is 8.81. The lowest BCUT2D eigenvalue weighted by atomic mass is 10.1. The Labute approximate surface area is 185 Å². The van der Waals surface area contributed by atoms with Gasteiger partial charge in [-0.2, -0.15) is 0 Å². The SMILES string of the molecule is CCOc1ccc(NC(=O)C[C@H]2C(=O)N(C)C(=S)N2Cc2ccc3c(c2)OCO3)cc1. The van der Waals surface area contributed by atoms with Crippen molar-refractivity contribution in [3.05, 3.63) is 48.0 Å². The van der Waals surface area contributed by atoms with Crippen LogP contribution in [0.1, 0.15) is 18.9 Å². The Kier molecular flexibility index (Phi) is 5.94. The molecule has 2 amide bonds.